The number of nitrogens with zero attached hydrogens (tertiary/aromatic N) is 2. The average Bonchev–Trinajstić information content (AvgIpc) is 3.17. The van der Waals surface area contributed by atoms with Crippen molar-refractivity contribution in [3.05, 3.63) is 35.4 Å². The maximum atomic E-state index is 12.8. The third-order valence-corrected chi connectivity index (χ3v) is 4.94. The van der Waals surface area contributed by atoms with Crippen molar-refractivity contribution in [3.63, 3.8) is 0 Å². The molecule has 2 heterocycles. The summed E-state index contributed by atoms with van der Waals surface area (Å²) < 4.78 is 0. The van der Waals surface area contributed by atoms with Crippen LogP contribution in [0.2, 0.25) is 0 Å². The summed E-state index contributed by atoms with van der Waals surface area (Å²) in [6.07, 6.45) is 1.37. The van der Waals surface area contributed by atoms with E-state index in [4.69, 9.17) is 5.11 Å². The molecular weight excluding hydrogens is 308 g/mol. The maximum absolute atomic E-state index is 12.8. The zero-order valence-electron chi connectivity index (χ0n) is 13.8. The van der Waals surface area contributed by atoms with Crippen LogP contribution >= 0.6 is 0 Å². The SMILES string of the molecule is Cc1ccc(CN2C(=O)CC[C@H]2C(=O)N2CC[C@@H](C(=O)O)C2)cc1. The summed E-state index contributed by atoms with van der Waals surface area (Å²) in [6.45, 7) is 3.13. The normalized spacial score (nSPS) is 23.8. The summed E-state index contributed by atoms with van der Waals surface area (Å²) in [7, 11) is 0. The first-order valence-corrected chi connectivity index (χ1v) is 8.32. The van der Waals surface area contributed by atoms with Crippen LogP contribution in [-0.2, 0) is 20.9 Å². The summed E-state index contributed by atoms with van der Waals surface area (Å²) in [5, 5.41) is 9.09. The minimum Gasteiger partial charge on any atom is -0.481 e. The number of carboxylic acids is 1. The highest BCUT2D eigenvalue weighted by Crippen LogP contribution is 2.26. The van der Waals surface area contributed by atoms with Gasteiger partial charge in [0.2, 0.25) is 11.8 Å². The van der Waals surface area contributed by atoms with E-state index in [2.05, 4.69) is 0 Å². The van der Waals surface area contributed by atoms with Crippen LogP contribution in [0.1, 0.15) is 30.4 Å². The number of likely N-dealkylation sites (tertiary alicyclic amines) is 2. The third kappa shape index (κ3) is 3.27. The van der Waals surface area contributed by atoms with E-state index in [9.17, 15) is 14.4 Å². The fourth-order valence-electron chi connectivity index (χ4n) is 3.45. The van der Waals surface area contributed by atoms with E-state index in [1.54, 1.807) is 9.80 Å². The summed E-state index contributed by atoms with van der Waals surface area (Å²) in [4.78, 5) is 39.3. The third-order valence-electron chi connectivity index (χ3n) is 4.94. The quantitative estimate of drug-likeness (QED) is 0.906. The molecule has 3 rings (SSSR count). The van der Waals surface area contributed by atoms with Crippen LogP contribution in [0, 0.1) is 12.8 Å². The number of hydrogen-bond acceptors (Lipinski definition) is 3. The molecule has 0 saturated carbocycles. The first-order chi connectivity index (χ1) is 11.5. The molecule has 6 heteroatoms. The highest BCUT2D eigenvalue weighted by molar-refractivity contribution is 5.91. The number of hydrogen-bond donors (Lipinski definition) is 1. The van der Waals surface area contributed by atoms with Crippen molar-refractivity contribution < 1.29 is 19.5 Å². The topological polar surface area (TPSA) is 77.9 Å². The zero-order valence-corrected chi connectivity index (χ0v) is 13.8. The van der Waals surface area contributed by atoms with Crippen molar-refractivity contribution in [3.8, 4) is 0 Å². The van der Waals surface area contributed by atoms with Gasteiger partial charge in [0.05, 0.1) is 5.92 Å². The second-order valence-electron chi connectivity index (χ2n) is 6.67. The molecule has 0 bridgehead atoms. The second kappa shape index (κ2) is 6.63. The number of aliphatic carboxylic acids is 1. The van der Waals surface area contributed by atoms with Gasteiger partial charge in [-0.2, -0.15) is 0 Å². The molecule has 0 aromatic heterocycles. The molecule has 6 nitrogen and oxygen atoms in total. The van der Waals surface area contributed by atoms with Gasteiger partial charge in [-0.25, -0.2) is 0 Å². The number of carboxylic acid groups (broad SMARTS) is 1. The summed E-state index contributed by atoms with van der Waals surface area (Å²) >= 11 is 0. The van der Waals surface area contributed by atoms with Gasteiger partial charge in [0.25, 0.3) is 0 Å². The molecule has 2 aliphatic rings. The number of rotatable bonds is 4. The van der Waals surface area contributed by atoms with Gasteiger partial charge in [-0.3, -0.25) is 14.4 Å². The van der Waals surface area contributed by atoms with Crippen LogP contribution in [0.5, 0.6) is 0 Å². The van der Waals surface area contributed by atoms with Crippen molar-refractivity contribution in [1.29, 1.82) is 0 Å². The molecular formula is C18H22N2O4. The van der Waals surface area contributed by atoms with E-state index in [0.29, 0.717) is 32.4 Å². The van der Waals surface area contributed by atoms with Crippen LogP contribution in [0.25, 0.3) is 0 Å². The number of amides is 2. The Bertz CT molecular complexity index is 655. The molecule has 2 atom stereocenters. The Morgan fingerprint density at radius 3 is 2.54 bits per heavy atom. The fraction of sp³-hybridized carbons (Fsp3) is 0.500. The Balaban J connectivity index is 1.69. The molecule has 2 amide bonds. The molecule has 2 aliphatic heterocycles. The van der Waals surface area contributed by atoms with Crippen molar-refractivity contribution in [2.75, 3.05) is 13.1 Å². The largest absolute Gasteiger partial charge is 0.481 e. The van der Waals surface area contributed by atoms with Gasteiger partial charge in [0, 0.05) is 26.1 Å². The number of benzene rings is 1. The molecule has 1 N–H and O–H groups in total. The molecule has 0 unspecified atom stereocenters. The van der Waals surface area contributed by atoms with E-state index < -0.39 is 17.9 Å². The van der Waals surface area contributed by atoms with Gasteiger partial charge in [-0.1, -0.05) is 29.8 Å². The van der Waals surface area contributed by atoms with Gasteiger partial charge in [-0.05, 0) is 25.3 Å². The van der Waals surface area contributed by atoms with Crippen LogP contribution in [0.4, 0.5) is 0 Å². The Hall–Kier alpha value is -2.37. The lowest BCUT2D eigenvalue weighted by Crippen LogP contribution is -2.45. The van der Waals surface area contributed by atoms with Gasteiger partial charge in [0.1, 0.15) is 6.04 Å². The first-order valence-electron chi connectivity index (χ1n) is 8.32. The lowest BCUT2D eigenvalue weighted by Gasteiger charge is -2.28. The van der Waals surface area contributed by atoms with Crippen LogP contribution < -0.4 is 0 Å². The van der Waals surface area contributed by atoms with Crippen LogP contribution in [-0.4, -0.2) is 51.8 Å². The Morgan fingerprint density at radius 1 is 1.21 bits per heavy atom. The molecule has 0 aliphatic carbocycles. The molecule has 0 radical (unpaired) electrons. The molecule has 0 spiro atoms. The summed E-state index contributed by atoms with van der Waals surface area (Å²) in [6, 6.07) is 7.46. The number of carbonyl (C=O) groups excluding carboxylic acids is 2. The van der Waals surface area contributed by atoms with Crippen molar-refractivity contribution in [1.82, 2.24) is 9.80 Å². The predicted octanol–water partition coefficient (Wildman–Crippen LogP) is 1.42. The Kier molecular flexibility index (Phi) is 4.55. The predicted molar refractivity (Wildman–Crippen MR) is 87.1 cm³/mol. The van der Waals surface area contributed by atoms with Gasteiger partial charge >= 0.3 is 5.97 Å². The van der Waals surface area contributed by atoms with Crippen molar-refractivity contribution in [2.24, 2.45) is 5.92 Å². The van der Waals surface area contributed by atoms with E-state index >= 15 is 0 Å². The minimum absolute atomic E-state index is 0.0112. The van der Waals surface area contributed by atoms with Crippen LogP contribution in [0.3, 0.4) is 0 Å². The molecule has 24 heavy (non-hydrogen) atoms. The summed E-state index contributed by atoms with van der Waals surface area (Å²) in [5.74, 6) is -1.47. The van der Waals surface area contributed by atoms with Crippen LogP contribution in [0.15, 0.2) is 24.3 Å². The smallest absolute Gasteiger partial charge is 0.308 e. The van der Waals surface area contributed by atoms with Gasteiger partial charge < -0.3 is 14.9 Å². The molecule has 1 aromatic rings. The van der Waals surface area contributed by atoms with E-state index in [-0.39, 0.29) is 18.4 Å². The minimum atomic E-state index is -0.857. The van der Waals surface area contributed by atoms with E-state index in [0.717, 1.165) is 11.1 Å². The Labute approximate surface area is 141 Å². The Morgan fingerprint density at radius 2 is 1.92 bits per heavy atom. The molecule has 1 aromatic carbocycles. The molecule has 128 valence electrons. The number of carbonyl (C=O) groups is 3. The van der Waals surface area contributed by atoms with Gasteiger partial charge in [0.15, 0.2) is 0 Å². The van der Waals surface area contributed by atoms with E-state index in [1.807, 2.05) is 31.2 Å². The highest BCUT2D eigenvalue weighted by Gasteiger charge is 2.41. The van der Waals surface area contributed by atoms with Gasteiger partial charge in [-0.15, -0.1) is 0 Å². The van der Waals surface area contributed by atoms with Crippen molar-refractivity contribution >= 4 is 17.8 Å². The average molecular weight is 330 g/mol. The highest BCUT2D eigenvalue weighted by atomic mass is 16.4. The lowest BCUT2D eigenvalue weighted by molar-refractivity contribution is -0.143. The maximum Gasteiger partial charge on any atom is 0.308 e. The fourth-order valence-corrected chi connectivity index (χ4v) is 3.45. The van der Waals surface area contributed by atoms with Crippen molar-refractivity contribution in [2.45, 2.75) is 38.8 Å². The standard InChI is InChI=1S/C18H22N2O4/c1-12-2-4-13(5-3-12)10-20-15(6-7-16(20)21)17(22)19-9-8-14(11-19)18(23)24/h2-5,14-15H,6-11H2,1H3,(H,23,24)/t14-,15+/m1/s1. The lowest BCUT2D eigenvalue weighted by atomic mass is 10.1. The first kappa shape index (κ1) is 16.5. The molecule has 2 fully saturated rings. The zero-order chi connectivity index (χ0) is 17.3. The van der Waals surface area contributed by atoms with E-state index in [1.165, 1.54) is 0 Å². The second-order valence-corrected chi connectivity index (χ2v) is 6.67. The molecule has 2 saturated heterocycles. The summed E-state index contributed by atoms with van der Waals surface area (Å²) in [5.41, 5.74) is 2.15. The monoisotopic (exact) mass is 330 g/mol. The number of aryl methyl sites for hydroxylation is 1.